The molecule has 1 N–H and O–H groups in total. The minimum atomic E-state index is -0.208. The second-order valence-electron chi connectivity index (χ2n) is 3.83. The van der Waals surface area contributed by atoms with Crippen molar-refractivity contribution < 1.29 is 5.11 Å². The van der Waals surface area contributed by atoms with Gasteiger partial charge in [0.25, 0.3) is 0 Å². The molecule has 0 aromatic carbocycles. The van der Waals surface area contributed by atoms with Crippen molar-refractivity contribution in [3.05, 3.63) is 0 Å². The maximum atomic E-state index is 9.53. The van der Waals surface area contributed by atoms with Crippen molar-refractivity contribution in [1.82, 2.24) is 4.90 Å². The minimum Gasteiger partial charge on any atom is -0.391 e. The van der Waals surface area contributed by atoms with Gasteiger partial charge >= 0.3 is 0 Å². The molecular weight excluding hydrogens is 230 g/mol. The highest BCUT2D eigenvalue weighted by Crippen LogP contribution is 2.23. The Morgan fingerprint density at radius 2 is 2.08 bits per heavy atom. The van der Waals surface area contributed by atoms with Crippen LogP contribution in [0.2, 0.25) is 0 Å². The average Bonchev–Trinajstić information content (AvgIpc) is 2.66. The number of hydrogen-bond acceptors (Lipinski definition) is 2. The summed E-state index contributed by atoms with van der Waals surface area (Å²) in [6, 6.07) is 0.735. The maximum absolute atomic E-state index is 9.53. The Kier molecular flexibility index (Phi) is 5.29. The van der Waals surface area contributed by atoms with Gasteiger partial charge in [0.05, 0.1) is 6.10 Å². The lowest BCUT2D eigenvalue weighted by Gasteiger charge is -2.28. The summed E-state index contributed by atoms with van der Waals surface area (Å²) in [6.45, 7) is 4.07. The standard InChI is InChI=1S/C10H20BrNO/c1-2-12(8-10(13)7-11)9-5-3-4-6-9/h9-10,13H,2-8H2,1H3. The molecule has 78 valence electrons. The molecule has 3 heteroatoms. The highest BCUT2D eigenvalue weighted by atomic mass is 79.9. The van der Waals surface area contributed by atoms with Crippen LogP contribution in [0, 0.1) is 0 Å². The lowest BCUT2D eigenvalue weighted by molar-refractivity contribution is 0.107. The topological polar surface area (TPSA) is 23.5 Å². The molecule has 2 nitrogen and oxygen atoms in total. The van der Waals surface area contributed by atoms with E-state index in [4.69, 9.17) is 0 Å². The molecule has 1 aliphatic carbocycles. The first-order chi connectivity index (χ1) is 6.27. The van der Waals surface area contributed by atoms with E-state index in [0.717, 1.165) is 19.1 Å². The molecule has 0 saturated heterocycles. The molecule has 0 aromatic heterocycles. The van der Waals surface area contributed by atoms with Gasteiger partial charge in [0.15, 0.2) is 0 Å². The van der Waals surface area contributed by atoms with Gasteiger partial charge in [0.2, 0.25) is 0 Å². The van der Waals surface area contributed by atoms with Crippen molar-refractivity contribution in [1.29, 1.82) is 0 Å². The summed E-state index contributed by atoms with van der Waals surface area (Å²) in [6.07, 6.45) is 5.17. The molecular formula is C10H20BrNO. The molecule has 0 radical (unpaired) electrons. The zero-order chi connectivity index (χ0) is 9.68. The van der Waals surface area contributed by atoms with Crippen LogP contribution in [0.25, 0.3) is 0 Å². The first-order valence-electron chi connectivity index (χ1n) is 5.26. The molecule has 1 rings (SSSR count). The van der Waals surface area contributed by atoms with E-state index in [2.05, 4.69) is 27.8 Å². The van der Waals surface area contributed by atoms with Gasteiger partial charge in [-0.2, -0.15) is 0 Å². The summed E-state index contributed by atoms with van der Waals surface area (Å²) in [5, 5.41) is 10.2. The zero-order valence-electron chi connectivity index (χ0n) is 8.38. The third-order valence-electron chi connectivity index (χ3n) is 2.87. The van der Waals surface area contributed by atoms with Crippen molar-refractivity contribution in [3.8, 4) is 0 Å². The number of rotatable bonds is 5. The van der Waals surface area contributed by atoms with Crippen LogP contribution in [-0.4, -0.2) is 40.6 Å². The normalized spacial score (nSPS) is 21.2. The fraction of sp³-hybridized carbons (Fsp3) is 1.00. The molecule has 1 saturated carbocycles. The number of aliphatic hydroxyl groups excluding tert-OH is 1. The average molecular weight is 250 g/mol. The summed E-state index contributed by atoms with van der Waals surface area (Å²) >= 11 is 3.30. The molecule has 13 heavy (non-hydrogen) atoms. The number of hydrogen-bond donors (Lipinski definition) is 1. The summed E-state index contributed by atoms with van der Waals surface area (Å²) in [5.41, 5.74) is 0. The summed E-state index contributed by atoms with van der Waals surface area (Å²) in [5.74, 6) is 0. The van der Waals surface area contributed by atoms with Crippen LogP contribution in [0.1, 0.15) is 32.6 Å². The maximum Gasteiger partial charge on any atom is 0.0763 e. The third-order valence-corrected chi connectivity index (χ3v) is 3.62. The van der Waals surface area contributed by atoms with Crippen LogP contribution >= 0.6 is 15.9 Å². The first-order valence-corrected chi connectivity index (χ1v) is 6.38. The smallest absolute Gasteiger partial charge is 0.0763 e. The van der Waals surface area contributed by atoms with Crippen LogP contribution in [0.5, 0.6) is 0 Å². The fourth-order valence-electron chi connectivity index (χ4n) is 2.13. The second kappa shape index (κ2) is 5.99. The van der Waals surface area contributed by atoms with E-state index in [0.29, 0.717) is 5.33 Å². The number of aliphatic hydroxyl groups is 1. The van der Waals surface area contributed by atoms with Crippen LogP contribution in [0.15, 0.2) is 0 Å². The van der Waals surface area contributed by atoms with E-state index in [1.165, 1.54) is 25.7 Å². The Balaban J connectivity index is 2.32. The number of halogens is 1. The van der Waals surface area contributed by atoms with E-state index in [-0.39, 0.29) is 6.10 Å². The molecule has 0 bridgehead atoms. The van der Waals surface area contributed by atoms with E-state index in [1.54, 1.807) is 0 Å². The van der Waals surface area contributed by atoms with Crippen molar-refractivity contribution in [3.63, 3.8) is 0 Å². The van der Waals surface area contributed by atoms with Gasteiger partial charge in [0.1, 0.15) is 0 Å². The Labute approximate surface area is 89.4 Å². The predicted molar refractivity (Wildman–Crippen MR) is 59.3 cm³/mol. The van der Waals surface area contributed by atoms with E-state index in [9.17, 15) is 5.11 Å². The van der Waals surface area contributed by atoms with Gasteiger partial charge in [-0.05, 0) is 19.4 Å². The third kappa shape index (κ3) is 3.56. The van der Waals surface area contributed by atoms with Crippen molar-refractivity contribution in [2.45, 2.75) is 44.8 Å². The second-order valence-corrected chi connectivity index (χ2v) is 4.48. The molecule has 0 aromatic rings. The van der Waals surface area contributed by atoms with E-state index in [1.807, 2.05) is 0 Å². The van der Waals surface area contributed by atoms with Crippen molar-refractivity contribution in [2.24, 2.45) is 0 Å². The molecule has 0 amide bonds. The molecule has 0 heterocycles. The van der Waals surface area contributed by atoms with Crippen molar-refractivity contribution in [2.75, 3.05) is 18.4 Å². The monoisotopic (exact) mass is 249 g/mol. The van der Waals surface area contributed by atoms with Gasteiger partial charge in [0, 0.05) is 17.9 Å². The van der Waals surface area contributed by atoms with Gasteiger partial charge in [-0.1, -0.05) is 35.7 Å². The van der Waals surface area contributed by atoms with Crippen LogP contribution in [0.4, 0.5) is 0 Å². The summed E-state index contributed by atoms with van der Waals surface area (Å²) in [7, 11) is 0. The Morgan fingerprint density at radius 1 is 1.46 bits per heavy atom. The quantitative estimate of drug-likeness (QED) is 0.754. The highest BCUT2D eigenvalue weighted by molar-refractivity contribution is 9.09. The van der Waals surface area contributed by atoms with Crippen LogP contribution in [-0.2, 0) is 0 Å². The molecule has 0 spiro atoms. The first kappa shape index (κ1) is 11.5. The van der Waals surface area contributed by atoms with Crippen LogP contribution < -0.4 is 0 Å². The lowest BCUT2D eigenvalue weighted by atomic mass is 10.2. The van der Waals surface area contributed by atoms with Crippen LogP contribution in [0.3, 0.4) is 0 Å². The van der Waals surface area contributed by atoms with Crippen molar-refractivity contribution >= 4 is 15.9 Å². The number of likely N-dealkylation sites (N-methyl/N-ethyl adjacent to an activating group) is 1. The number of nitrogens with zero attached hydrogens (tertiary/aromatic N) is 1. The van der Waals surface area contributed by atoms with Gasteiger partial charge < -0.3 is 5.11 Å². The van der Waals surface area contributed by atoms with E-state index >= 15 is 0 Å². The fourth-order valence-corrected chi connectivity index (χ4v) is 2.33. The number of alkyl halides is 1. The summed E-state index contributed by atoms with van der Waals surface area (Å²) in [4.78, 5) is 2.42. The molecule has 1 atom stereocenters. The molecule has 1 fully saturated rings. The Hall–Kier alpha value is 0.400. The van der Waals surface area contributed by atoms with Gasteiger partial charge in [-0.3, -0.25) is 4.90 Å². The lowest BCUT2D eigenvalue weighted by Crippen LogP contribution is -2.39. The predicted octanol–water partition coefficient (Wildman–Crippen LogP) is 2.01. The summed E-state index contributed by atoms with van der Waals surface area (Å²) < 4.78 is 0. The Morgan fingerprint density at radius 3 is 2.54 bits per heavy atom. The largest absolute Gasteiger partial charge is 0.391 e. The van der Waals surface area contributed by atoms with Gasteiger partial charge in [-0.25, -0.2) is 0 Å². The zero-order valence-corrected chi connectivity index (χ0v) is 9.96. The molecule has 1 unspecified atom stereocenters. The van der Waals surface area contributed by atoms with E-state index < -0.39 is 0 Å². The Bertz CT molecular complexity index is 137. The molecule has 1 aliphatic rings. The van der Waals surface area contributed by atoms with Gasteiger partial charge in [-0.15, -0.1) is 0 Å². The minimum absolute atomic E-state index is 0.208. The highest BCUT2D eigenvalue weighted by Gasteiger charge is 2.22. The SMILES string of the molecule is CCN(CC(O)CBr)C1CCCC1. The molecule has 0 aliphatic heterocycles.